The summed E-state index contributed by atoms with van der Waals surface area (Å²) in [7, 11) is 0. The van der Waals surface area contributed by atoms with Gasteiger partial charge in [0.25, 0.3) is 0 Å². The van der Waals surface area contributed by atoms with Gasteiger partial charge in [0.2, 0.25) is 0 Å². The number of hydrogen-bond donors (Lipinski definition) is 1. The number of nitrogens with zero attached hydrogens (tertiary/aromatic N) is 1. The van der Waals surface area contributed by atoms with Gasteiger partial charge in [0, 0.05) is 16.3 Å². The first-order valence-corrected chi connectivity index (χ1v) is 3.86. The number of nitriles is 1. The van der Waals surface area contributed by atoms with Crippen molar-refractivity contribution in [1.82, 2.24) is 0 Å². The number of nitrogens with two attached hydrogens (primary N) is 1. The minimum atomic E-state index is 0.0482. The van der Waals surface area contributed by atoms with Gasteiger partial charge in [-0.3, -0.25) is 0 Å². The van der Waals surface area contributed by atoms with Crippen molar-refractivity contribution in [3.63, 3.8) is 0 Å². The average Bonchev–Trinajstić information content (AvgIpc) is 2.34. The number of rotatable bonds is 1. The first-order chi connectivity index (χ1) is 4.74. The molecule has 1 atom stereocenters. The summed E-state index contributed by atoms with van der Waals surface area (Å²) in [6.45, 7) is 1.91. The Balaban J connectivity index is 2.91. The summed E-state index contributed by atoms with van der Waals surface area (Å²) >= 11 is 1.53. The quantitative estimate of drug-likeness (QED) is 0.665. The molecule has 0 fully saturated rings. The molecule has 10 heavy (non-hydrogen) atoms. The summed E-state index contributed by atoms with van der Waals surface area (Å²) in [6, 6.07) is 3.93. The van der Waals surface area contributed by atoms with Gasteiger partial charge in [0.1, 0.15) is 6.07 Å². The molecule has 0 aliphatic rings. The van der Waals surface area contributed by atoms with Crippen LogP contribution in [0.1, 0.15) is 23.4 Å². The molecular formula is C7H8N2S. The first kappa shape index (κ1) is 7.26. The van der Waals surface area contributed by atoms with Gasteiger partial charge in [-0.15, -0.1) is 11.3 Å². The molecular weight excluding hydrogens is 144 g/mol. The molecule has 3 heteroatoms. The molecule has 0 saturated heterocycles. The third kappa shape index (κ3) is 1.35. The van der Waals surface area contributed by atoms with Crippen LogP contribution in [-0.2, 0) is 0 Å². The first-order valence-electron chi connectivity index (χ1n) is 2.98. The number of thiophene rings is 1. The lowest BCUT2D eigenvalue weighted by atomic mass is 10.2. The van der Waals surface area contributed by atoms with E-state index in [0.717, 1.165) is 4.88 Å². The van der Waals surface area contributed by atoms with Crippen LogP contribution in [0.4, 0.5) is 0 Å². The summed E-state index contributed by atoms with van der Waals surface area (Å²) in [4.78, 5) is 1.07. The fourth-order valence-corrected chi connectivity index (χ4v) is 1.44. The van der Waals surface area contributed by atoms with E-state index in [1.807, 2.05) is 18.4 Å². The summed E-state index contributed by atoms with van der Waals surface area (Å²) in [5, 5.41) is 10.3. The van der Waals surface area contributed by atoms with Crippen molar-refractivity contribution in [3.05, 3.63) is 21.9 Å². The largest absolute Gasteiger partial charge is 0.324 e. The van der Waals surface area contributed by atoms with Gasteiger partial charge in [-0.05, 0) is 13.0 Å². The Morgan fingerprint density at radius 3 is 2.80 bits per heavy atom. The smallest absolute Gasteiger partial charge is 0.100 e. The molecule has 0 saturated carbocycles. The fraction of sp³-hybridized carbons (Fsp3) is 0.286. The molecule has 0 aromatic carbocycles. The molecule has 2 N–H and O–H groups in total. The normalized spacial score (nSPS) is 12.5. The highest BCUT2D eigenvalue weighted by Gasteiger charge is 2.01. The molecule has 0 aliphatic heterocycles. The van der Waals surface area contributed by atoms with E-state index >= 15 is 0 Å². The minimum absolute atomic E-state index is 0.0482. The van der Waals surface area contributed by atoms with Gasteiger partial charge in [0.15, 0.2) is 0 Å². The topological polar surface area (TPSA) is 49.8 Å². The van der Waals surface area contributed by atoms with Crippen molar-refractivity contribution in [3.8, 4) is 6.07 Å². The molecule has 1 heterocycles. The summed E-state index contributed by atoms with van der Waals surface area (Å²) < 4.78 is 0. The Morgan fingerprint density at radius 2 is 2.50 bits per heavy atom. The molecule has 52 valence electrons. The molecule has 0 spiro atoms. The molecule has 0 aliphatic carbocycles. The lowest BCUT2D eigenvalue weighted by Gasteiger charge is -1.96. The van der Waals surface area contributed by atoms with E-state index in [9.17, 15) is 0 Å². The van der Waals surface area contributed by atoms with E-state index in [-0.39, 0.29) is 6.04 Å². The van der Waals surface area contributed by atoms with Crippen LogP contribution in [0.3, 0.4) is 0 Å². The highest BCUT2D eigenvalue weighted by atomic mass is 32.1. The van der Waals surface area contributed by atoms with Crippen LogP contribution >= 0.6 is 11.3 Å². The molecule has 1 aromatic heterocycles. The lowest BCUT2D eigenvalue weighted by Crippen LogP contribution is -2.01. The Bertz CT molecular complexity index is 257. The maximum atomic E-state index is 8.45. The molecule has 0 unspecified atom stereocenters. The molecule has 0 bridgehead atoms. The van der Waals surface area contributed by atoms with E-state index in [0.29, 0.717) is 5.56 Å². The predicted octanol–water partition coefficient (Wildman–Crippen LogP) is 1.64. The van der Waals surface area contributed by atoms with Crippen molar-refractivity contribution >= 4 is 11.3 Å². The highest BCUT2D eigenvalue weighted by Crippen LogP contribution is 2.19. The van der Waals surface area contributed by atoms with E-state index < -0.39 is 0 Å². The summed E-state index contributed by atoms with van der Waals surface area (Å²) in [5.74, 6) is 0. The number of hydrogen-bond acceptors (Lipinski definition) is 3. The molecule has 2 nitrogen and oxygen atoms in total. The van der Waals surface area contributed by atoms with Crippen molar-refractivity contribution in [2.24, 2.45) is 5.73 Å². The zero-order valence-electron chi connectivity index (χ0n) is 5.66. The van der Waals surface area contributed by atoms with Gasteiger partial charge >= 0.3 is 0 Å². The summed E-state index contributed by atoms with van der Waals surface area (Å²) in [6.07, 6.45) is 0. The monoisotopic (exact) mass is 152 g/mol. The molecule has 1 aromatic rings. The lowest BCUT2D eigenvalue weighted by molar-refractivity contribution is 0.838. The van der Waals surface area contributed by atoms with Crippen LogP contribution in [0.25, 0.3) is 0 Å². The second-order valence-corrected chi connectivity index (χ2v) is 3.08. The SMILES string of the molecule is C[C@H](N)c1cc(C#N)cs1. The van der Waals surface area contributed by atoms with Crippen molar-refractivity contribution in [1.29, 1.82) is 5.26 Å². The van der Waals surface area contributed by atoms with Crippen LogP contribution in [0.15, 0.2) is 11.4 Å². The Morgan fingerprint density at radius 1 is 1.80 bits per heavy atom. The Labute approximate surface area is 63.9 Å². The van der Waals surface area contributed by atoms with Gasteiger partial charge in [0.05, 0.1) is 5.56 Å². The van der Waals surface area contributed by atoms with Gasteiger partial charge in [-0.2, -0.15) is 5.26 Å². The van der Waals surface area contributed by atoms with E-state index in [2.05, 4.69) is 6.07 Å². The van der Waals surface area contributed by atoms with Gasteiger partial charge in [-0.1, -0.05) is 0 Å². The molecule has 0 amide bonds. The van der Waals surface area contributed by atoms with Crippen LogP contribution in [0.5, 0.6) is 0 Å². The van der Waals surface area contributed by atoms with Crippen LogP contribution in [-0.4, -0.2) is 0 Å². The standard InChI is InChI=1S/C7H8N2S/c1-5(9)7-2-6(3-8)4-10-7/h2,4-5H,9H2,1H3/t5-/m0/s1. The predicted molar refractivity (Wildman–Crippen MR) is 41.6 cm³/mol. The zero-order valence-corrected chi connectivity index (χ0v) is 6.48. The zero-order chi connectivity index (χ0) is 7.56. The van der Waals surface area contributed by atoms with E-state index in [4.69, 9.17) is 11.0 Å². The third-order valence-corrected chi connectivity index (χ3v) is 2.33. The van der Waals surface area contributed by atoms with Gasteiger partial charge < -0.3 is 5.73 Å². The summed E-state index contributed by atoms with van der Waals surface area (Å²) in [5.41, 5.74) is 6.29. The molecule has 0 radical (unpaired) electrons. The highest BCUT2D eigenvalue weighted by molar-refractivity contribution is 7.10. The minimum Gasteiger partial charge on any atom is -0.324 e. The van der Waals surface area contributed by atoms with Crippen molar-refractivity contribution in [2.75, 3.05) is 0 Å². The second-order valence-electron chi connectivity index (χ2n) is 2.14. The van der Waals surface area contributed by atoms with E-state index in [1.165, 1.54) is 11.3 Å². The maximum absolute atomic E-state index is 8.45. The fourth-order valence-electron chi connectivity index (χ4n) is 0.650. The van der Waals surface area contributed by atoms with Crippen LogP contribution in [0, 0.1) is 11.3 Å². The Kier molecular flexibility index (Phi) is 2.05. The van der Waals surface area contributed by atoms with E-state index in [1.54, 1.807) is 0 Å². The van der Waals surface area contributed by atoms with Crippen LogP contribution < -0.4 is 5.73 Å². The van der Waals surface area contributed by atoms with Crippen LogP contribution in [0.2, 0.25) is 0 Å². The maximum Gasteiger partial charge on any atom is 0.100 e. The molecule has 1 rings (SSSR count). The van der Waals surface area contributed by atoms with Crippen molar-refractivity contribution < 1.29 is 0 Å². The third-order valence-electron chi connectivity index (χ3n) is 1.20. The second kappa shape index (κ2) is 2.82. The van der Waals surface area contributed by atoms with Gasteiger partial charge in [-0.25, -0.2) is 0 Å². The van der Waals surface area contributed by atoms with Crippen molar-refractivity contribution in [2.45, 2.75) is 13.0 Å². The Hall–Kier alpha value is -0.850. The average molecular weight is 152 g/mol.